The van der Waals surface area contributed by atoms with Gasteiger partial charge in [-0.05, 0) is 6.07 Å². The average Bonchev–Trinajstić information content (AvgIpc) is 2.97. The van der Waals surface area contributed by atoms with Crippen molar-refractivity contribution in [1.82, 2.24) is 20.0 Å². The highest BCUT2D eigenvalue weighted by molar-refractivity contribution is 6.04. The van der Waals surface area contributed by atoms with E-state index in [0.29, 0.717) is 38.3 Å². The number of amides is 2. The van der Waals surface area contributed by atoms with Gasteiger partial charge >= 0.3 is 0 Å². The number of carbonyl (C=O) groups is 2. The van der Waals surface area contributed by atoms with Crippen molar-refractivity contribution in [3.8, 4) is 0 Å². The first kappa shape index (κ1) is 13.6. The zero-order valence-electron chi connectivity index (χ0n) is 12.0. The first-order valence-electron chi connectivity index (χ1n) is 7.21. The van der Waals surface area contributed by atoms with Crippen molar-refractivity contribution in [1.29, 1.82) is 0 Å². The number of nitrogens with zero attached hydrogens (tertiary/aromatic N) is 3. The number of hydrogen-bond acceptors (Lipinski definition) is 3. The van der Waals surface area contributed by atoms with Gasteiger partial charge < -0.3 is 9.80 Å². The van der Waals surface area contributed by atoms with Crippen LogP contribution in [-0.2, 0) is 4.79 Å². The maximum Gasteiger partial charge on any atom is 0.275 e. The van der Waals surface area contributed by atoms with Crippen LogP contribution in [-0.4, -0.2) is 58.0 Å². The van der Waals surface area contributed by atoms with Crippen LogP contribution in [0.5, 0.6) is 0 Å². The smallest absolute Gasteiger partial charge is 0.275 e. The van der Waals surface area contributed by atoms with Gasteiger partial charge in [-0.3, -0.25) is 14.7 Å². The lowest BCUT2D eigenvalue weighted by atomic mass is 10.2. The lowest BCUT2D eigenvalue weighted by Crippen LogP contribution is -2.50. The van der Waals surface area contributed by atoms with E-state index in [2.05, 4.69) is 10.2 Å². The standard InChI is InChI=1S/C15H18N4O2/c1-2-13(20)18-7-9-19(10-8-18)15(21)14-11-5-3-4-6-12(11)16-17-14/h3-6H,2,7-10H2,1H3,(H,16,17). The van der Waals surface area contributed by atoms with Gasteiger partial charge in [0.15, 0.2) is 5.69 Å². The molecule has 2 heterocycles. The van der Waals surface area contributed by atoms with Crippen LogP contribution in [0.2, 0.25) is 0 Å². The molecule has 0 aliphatic carbocycles. The Kier molecular flexibility index (Phi) is 3.60. The molecule has 0 spiro atoms. The van der Waals surface area contributed by atoms with E-state index in [1.54, 1.807) is 4.90 Å². The second-order valence-corrected chi connectivity index (χ2v) is 5.14. The number of rotatable bonds is 2. The Morgan fingerprint density at radius 3 is 2.52 bits per heavy atom. The molecule has 2 amide bonds. The minimum atomic E-state index is -0.0731. The van der Waals surface area contributed by atoms with Crippen LogP contribution in [0.1, 0.15) is 23.8 Å². The van der Waals surface area contributed by atoms with E-state index in [0.717, 1.165) is 10.9 Å². The number of hydrogen-bond donors (Lipinski definition) is 1. The SMILES string of the molecule is CCC(=O)N1CCN(C(=O)c2n[nH]c3ccccc23)CC1. The average molecular weight is 286 g/mol. The molecule has 0 unspecified atom stereocenters. The molecule has 2 aromatic rings. The van der Waals surface area contributed by atoms with Crippen molar-refractivity contribution < 1.29 is 9.59 Å². The monoisotopic (exact) mass is 286 g/mol. The third kappa shape index (κ3) is 2.49. The summed E-state index contributed by atoms with van der Waals surface area (Å²) in [5.41, 5.74) is 1.32. The summed E-state index contributed by atoms with van der Waals surface area (Å²) in [6.45, 7) is 4.18. The van der Waals surface area contributed by atoms with E-state index < -0.39 is 0 Å². The fraction of sp³-hybridized carbons (Fsp3) is 0.400. The maximum absolute atomic E-state index is 12.6. The van der Waals surface area contributed by atoms with Crippen molar-refractivity contribution >= 4 is 22.7 Å². The predicted octanol–water partition coefficient (Wildman–Crippen LogP) is 1.26. The molecule has 1 aliphatic heterocycles. The number of H-pyrrole nitrogens is 1. The van der Waals surface area contributed by atoms with E-state index in [1.165, 1.54) is 0 Å². The van der Waals surface area contributed by atoms with Crippen LogP contribution in [0.4, 0.5) is 0 Å². The normalized spacial score (nSPS) is 15.5. The summed E-state index contributed by atoms with van der Waals surface area (Å²) in [5, 5.41) is 7.87. The fourth-order valence-corrected chi connectivity index (χ4v) is 2.66. The maximum atomic E-state index is 12.6. The summed E-state index contributed by atoms with van der Waals surface area (Å²) in [6.07, 6.45) is 0.512. The highest BCUT2D eigenvalue weighted by Gasteiger charge is 2.26. The molecule has 6 heteroatoms. The molecule has 1 aromatic heterocycles. The minimum absolute atomic E-state index is 0.0731. The van der Waals surface area contributed by atoms with Crippen molar-refractivity contribution in [3.63, 3.8) is 0 Å². The number of aromatic amines is 1. The molecular formula is C15H18N4O2. The number of aromatic nitrogens is 2. The first-order chi connectivity index (χ1) is 10.2. The molecule has 0 bridgehead atoms. The Hall–Kier alpha value is -2.37. The largest absolute Gasteiger partial charge is 0.339 e. The van der Waals surface area contributed by atoms with E-state index in [1.807, 2.05) is 36.1 Å². The summed E-state index contributed by atoms with van der Waals surface area (Å²) < 4.78 is 0. The molecule has 1 saturated heterocycles. The minimum Gasteiger partial charge on any atom is -0.339 e. The number of benzene rings is 1. The second kappa shape index (κ2) is 5.55. The highest BCUT2D eigenvalue weighted by atomic mass is 16.2. The van der Waals surface area contributed by atoms with Crippen LogP contribution < -0.4 is 0 Å². The zero-order chi connectivity index (χ0) is 14.8. The predicted molar refractivity (Wildman–Crippen MR) is 78.9 cm³/mol. The fourth-order valence-electron chi connectivity index (χ4n) is 2.66. The summed E-state index contributed by atoms with van der Waals surface area (Å²) in [7, 11) is 0. The number of para-hydroxylation sites is 1. The quantitative estimate of drug-likeness (QED) is 0.903. The van der Waals surface area contributed by atoms with E-state index >= 15 is 0 Å². The molecule has 1 aliphatic rings. The molecule has 3 rings (SSSR count). The molecule has 110 valence electrons. The Morgan fingerprint density at radius 1 is 1.14 bits per heavy atom. The van der Waals surface area contributed by atoms with Crippen LogP contribution in [0, 0.1) is 0 Å². The van der Waals surface area contributed by atoms with E-state index in [-0.39, 0.29) is 11.8 Å². The Labute approximate surface area is 122 Å². The summed E-state index contributed by atoms with van der Waals surface area (Å²) >= 11 is 0. The van der Waals surface area contributed by atoms with Gasteiger partial charge in [0, 0.05) is 38.0 Å². The highest BCUT2D eigenvalue weighted by Crippen LogP contribution is 2.17. The number of piperazine rings is 1. The third-order valence-electron chi connectivity index (χ3n) is 3.89. The van der Waals surface area contributed by atoms with Crippen LogP contribution in [0.15, 0.2) is 24.3 Å². The molecule has 21 heavy (non-hydrogen) atoms. The summed E-state index contributed by atoms with van der Waals surface area (Å²) in [5.74, 6) is 0.0726. The van der Waals surface area contributed by atoms with Gasteiger partial charge in [0.1, 0.15) is 0 Å². The number of fused-ring (bicyclic) bond motifs is 1. The zero-order valence-corrected chi connectivity index (χ0v) is 12.0. The van der Waals surface area contributed by atoms with Gasteiger partial charge in [0.25, 0.3) is 5.91 Å². The van der Waals surface area contributed by atoms with E-state index in [4.69, 9.17) is 0 Å². The number of carbonyl (C=O) groups excluding carboxylic acids is 2. The molecule has 0 radical (unpaired) electrons. The lowest BCUT2D eigenvalue weighted by Gasteiger charge is -2.34. The van der Waals surface area contributed by atoms with Crippen molar-refractivity contribution in [3.05, 3.63) is 30.0 Å². The van der Waals surface area contributed by atoms with Gasteiger partial charge in [-0.25, -0.2) is 0 Å². The van der Waals surface area contributed by atoms with Crippen LogP contribution in [0.25, 0.3) is 10.9 Å². The van der Waals surface area contributed by atoms with Gasteiger partial charge in [-0.15, -0.1) is 0 Å². The lowest BCUT2D eigenvalue weighted by molar-refractivity contribution is -0.132. The van der Waals surface area contributed by atoms with Gasteiger partial charge in [0.2, 0.25) is 5.91 Å². The Bertz CT molecular complexity index is 671. The van der Waals surface area contributed by atoms with E-state index in [9.17, 15) is 9.59 Å². The van der Waals surface area contributed by atoms with Gasteiger partial charge in [0.05, 0.1) is 5.52 Å². The van der Waals surface area contributed by atoms with Crippen molar-refractivity contribution in [2.24, 2.45) is 0 Å². The Morgan fingerprint density at radius 2 is 1.81 bits per heavy atom. The molecule has 1 aromatic carbocycles. The van der Waals surface area contributed by atoms with Gasteiger partial charge in [-0.1, -0.05) is 25.1 Å². The first-order valence-corrected chi connectivity index (χ1v) is 7.21. The number of nitrogens with one attached hydrogen (secondary N) is 1. The summed E-state index contributed by atoms with van der Waals surface area (Å²) in [4.78, 5) is 27.8. The topological polar surface area (TPSA) is 69.3 Å². The molecular weight excluding hydrogens is 268 g/mol. The molecule has 1 N–H and O–H groups in total. The summed E-state index contributed by atoms with van der Waals surface area (Å²) in [6, 6.07) is 7.59. The van der Waals surface area contributed by atoms with Gasteiger partial charge in [-0.2, -0.15) is 5.10 Å². The van der Waals surface area contributed by atoms with Crippen molar-refractivity contribution in [2.75, 3.05) is 26.2 Å². The Balaban J connectivity index is 1.74. The van der Waals surface area contributed by atoms with Crippen molar-refractivity contribution in [2.45, 2.75) is 13.3 Å². The molecule has 0 atom stereocenters. The molecule has 6 nitrogen and oxygen atoms in total. The molecule has 1 fully saturated rings. The molecule has 0 saturated carbocycles. The second-order valence-electron chi connectivity index (χ2n) is 5.14. The van der Waals surface area contributed by atoms with Crippen LogP contribution in [0.3, 0.4) is 0 Å². The van der Waals surface area contributed by atoms with Crippen LogP contribution >= 0.6 is 0 Å². The third-order valence-corrected chi connectivity index (χ3v) is 3.89.